The average molecular weight is 203 g/mol. The predicted octanol–water partition coefficient (Wildman–Crippen LogP) is 2.75. The van der Waals surface area contributed by atoms with Crippen LogP contribution in [0.2, 0.25) is 10.0 Å². The zero-order valence-electron chi connectivity index (χ0n) is 6.32. The first-order valence-corrected chi connectivity index (χ1v) is 3.99. The molecule has 2 nitrogen and oxygen atoms in total. The van der Waals surface area contributed by atoms with Gasteiger partial charge in [0.15, 0.2) is 0 Å². The lowest BCUT2D eigenvalue weighted by Crippen LogP contribution is -2.05. The molecule has 0 aliphatic heterocycles. The summed E-state index contributed by atoms with van der Waals surface area (Å²) in [5, 5.41) is 3.32. The van der Waals surface area contributed by atoms with Gasteiger partial charge in [0.1, 0.15) is 0 Å². The highest BCUT2D eigenvalue weighted by atomic mass is 35.5. The Kier molecular flexibility index (Phi) is 2.95. The number of hydrogen-bond acceptors (Lipinski definition) is 1. The Morgan fingerprint density at radius 2 is 1.92 bits per heavy atom. The van der Waals surface area contributed by atoms with Gasteiger partial charge in [0, 0.05) is 18.7 Å². The van der Waals surface area contributed by atoms with E-state index in [-0.39, 0.29) is 5.91 Å². The van der Waals surface area contributed by atoms with Crippen LogP contribution in [-0.4, -0.2) is 5.91 Å². The number of benzene rings is 1. The van der Waals surface area contributed by atoms with Gasteiger partial charge in [-0.05, 0) is 12.1 Å². The standard InChI is InChI=1S/C8H6Cl2NO/c1-5(12)11-8-3-6(9)2-7(10)4-8/h3-4H,1H3,(H,11,12). The fourth-order valence-corrected chi connectivity index (χ4v) is 1.26. The quantitative estimate of drug-likeness (QED) is 0.746. The Morgan fingerprint density at radius 3 is 2.33 bits per heavy atom. The van der Waals surface area contributed by atoms with Crippen molar-refractivity contribution in [2.75, 3.05) is 5.32 Å². The Morgan fingerprint density at radius 1 is 1.42 bits per heavy atom. The Balaban J connectivity index is 2.93. The molecule has 1 amide bonds. The van der Waals surface area contributed by atoms with Gasteiger partial charge in [-0.25, -0.2) is 0 Å². The second kappa shape index (κ2) is 3.78. The molecule has 63 valence electrons. The van der Waals surface area contributed by atoms with Crippen LogP contribution in [0.15, 0.2) is 12.1 Å². The zero-order chi connectivity index (χ0) is 9.14. The summed E-state index contributed by atoms with van der Waals surface area (Å²) in [5.41, 5.74) is 0.580. The minimum absolute atomic E-state index is 0.159. The third-order valence-corrected chi connectivity index (χ3v) is 1.53. The molecule has 0 atom stereocenters. The molecule has 1 aromatic carbocycles. The fraction of sp³-hybridized carbons (Fsp3) is 0.125. The van der Waals surface area contributed by atoms with Crippen molar-refractivity contribution >= 4 is 34.8 Å². The minimum atomic E-state index is -0.159. The lowest BCUT2D eigenvalue weighted by molar-refractivity contribution is -0.114. The Hall–Kier alpha value is -0.730. The number of carbonyl (C=O) groups is 1. The van der Waals surface area contributed by atoms with Crippen molar-refractivity contribution in [2.24, 2.45) is 0 Å². The van der Waals surface area contributed by atoms with Crippen molar-refractivity contribution in [2.45, 2.75) is 6.92 Å². The second-order valence-corrected chi connectivity index (χ2v) is 3.06. The van der Waals surface area contributed by atoms with Gasteiger partial charge >= 0.3 is 0 Å². The van der Waals surface area contributed by atoms with E-state index in [9.17, 15) is 4.79 Å². The third kappa shape index (κ3) is 2.72. The molecule has 1 radical (unpaired) electrons. The summed E-state index contributed by atoms with van der Waals surface area (Å²) in [6, 6.07) is 5.82. The largest absolute Gasteiger partial charge is 0.326 e. The molecule has 0 aliphatic carbocycles. The molecule has 0 saturated heterocycles. The maximum absolute atomic E-state index is 10.6. The molecule has 0 heterocycles. The van der Waals surface area contributed by atoms with Gasteiger partial charge in [-0.1, -0.05) is 23.2 Å². The van der Waals surface area contributed by atoms with Crippen molar-refractivity contribution < 1.29 is 4.79 Å². The third-order valence-electron chi connectivity index (χ3n) is 1.12. The molecule has 0 unspecified atom stereocenters. The molecular formula is C8H6Cl2NO. The fourth-order valence-electron chi connectivity index (χ4n) is 0.776. The van der Waals surface area contributed by atoms with Crippen LogP contribution in [0.4, 0.5) is 5.69 Å². The summed E-state index contributed by atoms with van der Waals surface area (Å²) in [4.78, 5) is 10.6. The first-order valence-electron chi connectivity index (χ1n) is 3.24. The summed E-state index contributed by atoms with van der Waals surface area (Å²) in [5.74, 6) is -0.159. The highest BCUT2D eigenvalue weighted by Crippen LogP contribution is 2.21. The molecule has 0 aliphatic rings. The smallest absolute Gasteiger partial charge is 0.221 e. The highest BCUT2D eigenvalue weighted by Gasteiger charge is 1.99. The van der Waals surface area contributed by atoms with Gasteiger partial charge in [-0.2, -0.15) is 0 Å². The molecule has 1 rings (SSSR count). The molecule has 0 fully saturated rings. The van der Waals surface area contributed by atoms with Crippen LogP contribution in [0, 0.1) is 6.07 Å². The van der Waals surface area contributed by atoms with Crippen molar-refractivity contribution in [3.8, 4) is 0 Å². The van der Waals surface area contributed by atoms with Crippen LogP contribution in [-0.2, 0) is 4.79 Å². The van der Waals surface area contributed by atoms with Gasteiger partial charge in [0.25, 0.3) is 0 Å². The summed E-state index contributed by atoms with van der Waals surface area (Å²) >= 11 is 11.3. The van der Waals surface area contributed by atoms with Crippen LogP contribution in [0.25, 0.3) is 0 Å². The topological polar surface area (TPSA) is 29.1 Å². The lowest BCUT2D eigenvalue weighted by Gasteiger charge is -2.01. The number of amides is 1. The van der Waals surface area contributed by atoms with E-state index < -0.39 is 0 Å². The molecule has 0 spiro atoms. The van der Waals surface area contributed by atoms with E-state index in [0.29, 0.717) is 15.7 Å². The van der Waals surface area contributed by atoms with E-state index in [4.69, 9.17) is 23.2 Å². The minimum Gasteiger partial charge on any atom is -0.326 e. The SMILES string of the molecule is CC(=O)Nc1cc(Cl)[c]c(Cl)c1. The maximum Gasteiger partial charge on any atom is 0.221 e. The summed E-state index contributed by atoms with van der Waals surface area (Å²) < 4.78 is 0. The van der Waals surface area contributed by atoms with Crippen LogP contribution in [0.1, 0.15) is 6.92 Å². The summed E-state index contributed by atoms with van der Waals surface area (Å²) in [6.07, 6.45) is 0. The van der Waals surface area contributed by atoms with Crippen molar-refractivity contribution in [1.82, 2.24) is 0 Å². The molecule has 4 heteroatoms. The molecular weight excluding hydrogens is 197 g/mol. The molecule has 12 heavy (non-hydrogen) atoms. The van der Waals surface area contributed by atoms with Crippen LogP contribution in [0.5, 0.6) is 0 Å². The normalized spacial score (nSPS) is 9.58. The van der Waals surface area contributed by atoms with Crippen molar-refractivity contribution in [1.29, 1.82) is 0 Å². The maximum atomic E-state index is 10.6. The first-order chi connectivity index (χ1) is 5.58. The number of anilines is 1. The van der Waals surface area contributed by atoms with E-state index in [1.54, 1.807) is 12.1 Å². The average Bonchev–Trinajstić information content (AvgIpc) is 1.81. The van der Waals surface area contributed by atoms with Gasteiger partial charge < -0.3 is 5.32 Å². The number of rotatable bonds is 1. The number of carbonyl (C=O) groups excluding carboxylic acids is 1. The molecule has 0 bridgehead atoms. The molecule has 1 aromatic rings. The first kappa shape index (κ1) is 9.36. The van der Waals surface area contributed by atoms with Gasteiger partial charge in [0.05, 0.1) is 10.0 Å². The van der Waals surface area contributed by atoms with Gasteiger partial charge in [-0.3, -0.25) is 4.79 Å². The number of hydrogen-bond donors (Lipinski definition) is 1. The van der Waals surface area contributed by atoms with Crippen LogP contribution < -0.4 is 5.32 Å². The van der Waals surface area contributed by atoms with Crippen LogP contribution in [0.3, 0.4) is 0 Å². The van der Waals surface area contributed by atoms with Gasteiger partial charge in [0.2, 0.25) is 5.91 Å². The highest BCUT2D eigenvalue weighted by molar-refractivity contribution is 6.34. The zero-order valence-corrected chi connectivity index (χ0v) is 7.83. The number of nitrogens with one attached hydrogen (secondary N) is 1. The lowest BCUT2D eigenvalue weighted by atomic mass is 10.3. The molecule has 0 saturated carbocycles. The van der Waals surface area contributed by atoms with E-state index in [1.165, 1.54) is 6.92 Å². The van der Waals surface area contributed by atoms with Gasteiger partial charge in [-0.15, -0.1) is 0 Å². The Bertz CT molecular complexity index is 292. The van der Waals surface area contributed by atoms with E-state index in [0.717, 1.165) is 0 Å². The van der Waals surface area contributed by atoms with Crippen LogP contribution >= 0.6 is 23.2 Å². The van der Waals surface area contributed by atoms with Crippen molar-refractivity contribution in [3.63, 3.8) is 0 Å². The number of halogens is 2. The predicted molar refractivity (Wildman–Crippen MR) is 49.6 cm³/mol. The van der Waals surface area contributed by atoms with E-state index in [2.05, 4.69) is 11.4 Å². The van der Waals surface area contributed by atoms with Crippen molar-refractivity contribution in [3.05, 3.63) is 28.2 Å². The van der Waals surface area contributed by atoms with E-state index >= 15 is 0 Å². The second-order valence-electron chi connectivity index (χ2n) is 2.25. The summed E-state index contributed by atoms with van der Waals surface area (Å²) in [7, 11) is 0. The monoisotopic (exact) mass is 202 g/mol. The molecule has 1 N–H and O–H groups in total. The Labute approximate surface area is 80.5 Å². The summed E-state index contributed by atoms with van der Waals surface area (Å²) in [6.45, 7) is 1.42. The molecule has 0 aromatic heterocycles. The van der Waals surface area contributed by atoms with E-state index in [1.807, 2.05) is 0 Å².